The van der Waals surface area contributed by atoms with Crippen molar-refractivity contribution in [3.63, 3.8) is 0 Å². The number of aromatic nitrogens is 1. The second kappa shape index (κ2) is 4.59. The van der Waals surface area contributed by atoms with Crippen LogP contribution in [0.25, 0.3) is 0 Å². The Labute approximate surface area is 100 Å². The van der Waals surface area contributed by atoms with Crippen molar-refractivity contribution in [2.75, 3.05) is 18.9 Å². The molecule has 2 rings (SSSR count). The molecule has 0 unspecified atom stereocenters. The normalized spacial score (nSPS) is 16.4. The predicted molar refractivity (Wildman–Crippen MR) is 62.6 cm³/mol. The summed E-state index contributed by atoms with van der Waals surface area (Å²) in [5, 5.41) is 8.94. The first-order valence-corrected chi connectivity index (χ1v) is 6.84. The molecular weight excluding hydrogens is 242 g/mol. The Bertz CT molecular complexity index is 499. The first-order valence-electron chi connectivity index (χ1n) is 5.40. The molecule has 6 nitrogen and oxygen atoms in total. The van der Waals surface area contributed by atoms with Crippen LogP contribution in [0.5, 0.6) is 0 Å². The van der Waals surface area contributed by atoms with Crippen molar-refractivity contribution >= 4 is 15.8 Å². The Hall–Kier alpha value is -1.18. The molecule has 1 saturated carbocycles. The van der Waals surface area contributed by atoms with Crippen molar-refractivity contribution in [2.45, 2.75) is 23.8 Å². The summed E-state index contributed by atoms with van der Waals surface area (Å²) in [7, 11) is -3.57. The van der Waals surface area contributed by atoms with Crippen molar-refractivity contribution in [1.82, 2.24) is 9.29 Å². The third-order valence-electron chi connectivity index (χ3n) is 2.63. The lowest BCUT2D eigenvalue weighted by atomic mass is 10.5. The molecule has 1 fully saturated rings. The van der Waals surface area contributed by atoms with E-state index in [0.717, 1.165) is 12.8 Å². The van der Waals surface area contributed by atoms with Crippen LogP contribution in [0.3, 0.4) is 0 Å². The number of aliphatic hydroxyl groups excluding tert-OH is 1. The fraction of sp³-hybridized carbons (Fsp3) is 0.500. The lowest BCUT2D eigenvalue weighted by Crippen LogP contribution is -2.35. The van der Waals surface area contributed by atoms with Gasteiger partial charge in [0.05, 0.1) is 11.5 Å². The molecule has 0 radical (unpaired) electrons. The average molecular weight is 257 g/mol. The first-order chi connectivity index (χ1) is 8.05. The molecule has 1 aliphatic rings. The highest BCUT2D eigenvalue weighted by Gasteiger charge is 2.37. The van der Waals surface area contributed by atoms with Gasteiger partial charge < -0.3 is 10.8 Å². The zero-order chi connectivity index (χ0) is 12.5. The summed E-state index contributed by atoms with van der Waals surface area (Å²) in [6.07, 6.45) is 3.06. The van der Waals surface area contributed by atoms with Crippen LogP contribution in [-0.2, 0) is 10.0 Å². The van der Waals surface area contributed by atoms with Crippen LogP contribution < -0.4 is 5.73 Å². The zero-order valence-electron chi connectivity index (χ0n) is 9.28. The van der Waals surface area contributed by atoms with E-state index < -0.39 is 10.0 Å². The molecule has 1 aromatic heterocycles. The SMILES string of the molecule is Nc1cc(S(=O)(=O)N(CCO)C2CC2)ccn1. The van der Waals surface area contributed by atoms with Crippen LogP contribution in [0, 0.1) is 0 Å². The molecule has 0 spiro atoms. The fourth-order valence-corrected chi connectivity index (χ4v) is 3.38. The molecule has 0 saturated heterocycles. The molecule has 0 atom stereocenters. The Kier molecular flexibility index (Phi) is 3.32. The van der Waals surface area contributed by atoms with E-state index in [2.05, 4.69) is 4.98 Å². The number of anilines is 1. The summed E-state index contributed by atoms with van der Waals surface area (Å²) < 4.78 is 25.9. The third-order valence-corrected chi connectivity index (χ3v) is 4.58. The van der Waals surface area contributed by atoms with Gasteiger partial charge in [0.2, 0.25) is 10.0 Å². The van der Waals surface area contributed by atoms with E-state index in [1.165, 1.54) is 22.6 Å². The number of hydrogen-bond acceptors (Lipinski definition) is 5. The Morgan fingerprint density at radius 1 is 1.53 bits per heavy atom. The first kappa shape index (κ1) is 12.3. The molecular formula is C10H15N3O3S. The maximum absolute atomic E-state index is 12.3. The van der Waals surface area contributed by atoms with E-state index in [0.29, 0.717) is 0 Å². The van der Waals surface area contributed by atoms with Crippen LogP contribution in [0.1, 0.15) is 12.8 Å². The molecule has 7 heteroatoms. The van der Waals surface area contributed by atoms with Crippen LogP contribution >= 0.6 is 0 Å². The fourth-order valence-electron chi connectivity index (χ4n) is 1.68. The quantitative estimate of drug-likeness (QED) is 0.762. The molecule has 1 heterocycles. The van der Waals surface area contributed by atoms with Crippen LogP contribution in [0.4, 0.5) is 5.82 Å². The van der Waals surface area contributed by atoms with E-state index in [-0.39, 0.29) is 29.9 Å². The number of nitrogens with zero attached hydrogens (tertiary/aromatic N) is 2. The minimum atomic E-state index is -3.57. The van der Waals surface area contributed by atoms with Gasteiger partial charge in [-0.25, -0.2) is 13.4 Å². The van der Waals surface area contributed by atoms with E-state index in [9.17, 15) is 8.42 Å². The number of nitrogens with two attached hydrogens (primary N) is 1. The molecule has 0 bridgehead atoms. The lowest BCUT2D eigenvalue weighted by Gasteiger charge is -2.20. The van der Waals surface area contributed by atoms with Gasteiger partial charge in [0.1, 0.15) is 5.82 Å². The van der Waals surface area contributed by atoms with Gasteiger partial charge in [-0.15, -0.1) is 0 Å². The van der Waals surface area contributed by atoms with Crippen molar-refractivity contribution < 1.29 is 13.5 Å². The van der Waals surface area contributed by atoms with Gasteiger partial charge in [-0.3, -0.25) is 0 Å². The van der Waals surface area contributed by atoms with E-state index in [1.54, 1.807) is 0 Å². The van der Waals surface area contributed by atoms with Crippen LogP contribution in [0.2, 0.25) is 0 Å². The van der Waals surface area contributed by atoms with Crippen molar-refractivity contribution in [2.24, 2.45) is 0 Å². The standard InChI is InChI=1S/C10H15N3O3S/c11-10-7-9(3-4-12-10)17(15,16)13(5-6-14)8-1-2-8/h3-4,7-8,14H,1-2,5-6H2,(H2,11,12). The highest BCUT2D eigenvalue weighted by atomic mass is 32.2. The summed E-state index contributed by atoms with van der Waals surface area (Å²) >= 11 is 0. The number of rotatable bonds is 5. The van der Waals surface area contributed by atoms with Gasteiger partial charge in [0.25, 0.3) is 0 Å². The van der Waals surface area contributed by atoms with Gasteiger partial charge in [-0.1, -0.05) is 0 Å². The van der Waals surface area contributed by atoms with E-state index in [4.69, 9.17) is 10.8 Å². The van der Waals surface area contributed by atoms with E-state index >= 15 is 0 Å². The second-order valence-electron chi connectivity index (χ2n) is 3.99. The molecule has 0 amide bonds. The topological polar surface area (TPSA) is 96.5 Å². The van der Waals surface area contributed by atoms with Gasteiger partial charge in [0, 0.05) is 24.8 Å². The Morgan fingerprint density at radius 3 is 2.76 bits per heavy atom. The minimum Gasteiger partial charge on any atom is -0.395 e. The van der Waals surface area contributed by atoms with Crippen LogP contribution in [0.15, 0.2) is 23.2 Å². The van der Waals surface area contributed by atoms with Crippen molar-refractivity contribution in [3.8, 4) is 0 Å². The molecule has 3 N–H and O–H groups in total. The van der Waals surface area contributed by atoms with Gasteiger partial charge >= 0.3 is 0 Å². The summed E-state index contributed by atoms with van der Waals surface area (Å²) in [6, 6.07) is 2.77. The number of pyridine rings is 1. The largest absolute Gasteiger partial charge is 0.395 e. The summed E-state index contributed by atoms with van der Waals surface area (Å²) in [5.74, 6) is 0.172. The maximum atomic E-state index is 12.3. The smallest absolute Gasteiger partial charge is 0.243 e. The van der Waals surface area contributed by atoms with Crippen molar-refractivity contribution in [3.05, 3.63) is 18.3 Å². The number of hydrogen-bond donors (Lipinski definition) is 2. The van der Waals surface area contributed by atoms with E-state index in [1.807, 2.05) is 0 Å². The van der Waals surface area contributed by atoms with Gasteiger partial charge in [-0.2, -0.15) is 4.31 Å². The highest BCUT2D eigenvalue weighted by molar-refractivity contribution is 7.89. The average Bonchev–Trinajstić information content (AvgIpc) is 3.09. The zero-order valence-corrected chi connectivity index (χ0v) is 10.1. The van der Waals surface area contributed by atoms with Crippen molar-refractivity contribution in [1.29, 1.82) is 0 Å². The summed E-state index contributed by atoms with van der Waals surface area (Å²) in [4.78, 5) is 3.89. The third kappa shape index (κ3) is 2.56. The highest BCUT2D eigenvalue weighted by Crippen LogP contribution is 2.31. The molecule has 17 heavy (non-hydrogen) atoms. The maximum Gasteiger partial charge on any atom is 0.243 e. The summed E-state index contributed by atoms with van der Waals surface area (Å²) in [6.45, 7) is -0.0640. The number of sulfonamides is 1. The predicted octanol–water partition coefficient (Wildman–Crippen LogP) is -0.191. The Balaban J connectivity index is 2.33. The van der Waals surface area contributed by atoms with Gasteiger partial charge in [0.15, 0.2) is 0 Å². The van der Waals surface area contributed by atoms with Crippen LogP contribution in [-0.4, -0.2) is 42.0 Å². The summed E-state index contributed by atoms with van der Waals surface area (Å²) in [5.41, 5.74) is 5.48. The molecule has 1 aliphatic carbocycles. The molecule has 0 aliphatic heterocycles. The number of aliphatic hydroxyl groups is 1. The minimum absolute atomic E-state index is 0.0153. The molecule has 1 aromatic rings. The number of nitrogen functional groups attached to an aromatic ring is 1. The molecule has 94 valence electrons. The second-order valence-corrected chi connectivity index (χ2v) is 5.88. The molecule has 0 aromatic carbocycles. The lowest BCUT2D eigenvalue weighted by molar-refractivity contribution is 0.250. The monoisotopic (exact) mass is 257 g/mol. The Morgan fingerprint density at radius 2 is 2.24 bits per heavy atom. The van der Waals surface area contributed by atoms with Gasteiger partial charge in [-0.05, 0) is 18.9 Å².